The fourth-order valence-corrected chi connectivity index (χ4v) is 2.27. The number of carbonyl (C=O) groups excluding carboxylic acids is 2. The highest BCUT2D eigenvalue weighted by molar-refractivity contribution is 6.30. The molecule has 21 heavy (non-hydrogen) atoms. The van der Waals surface area contributed by atoms with Crippen LogP contribution in [0.15, 0.2) is 29.4 Å². The summed E-state index contributed by atoms with van der Waals surface area (Å²) < 4.78 is 5.06. The third kappa shape index (κ3) is 3.95. The largest absolute Gasteiger partial charge is 0.449 e. The van der Waals surface area contributed by atoms with Crippen molar-refractivity contribution in [3.8, 4) is 0 Å². The Bertz CT molecular complexity index is 589. The number of hydrazone groups is 1. The third-order valence-corrected chi connectivity index (χ3v) is 3.37. The summed E-state index contributed by atoms with van der Waals surface area (Å²) in [6.45, 7) is 1.93. The van der Waals surface area contributed by atoms with Crippen LogP contribution in [0.5, 0.6) is 0 Å². The zero-order valence-electron chi connectivity index (χ0n) is 11.8. The molecule has 6 nitrogen and oxygen atoms in total. The molecule has 0 saturated heterocycles. The van der Waals surface area contributed by atoms with Crippen LogP contribution in [0.2, 0.25) is 5.02 Å². The Balaban J connectivity index is 1.77. The average molecular weight is 310 g/mol. The highest BCUT2D eigenvalue weighted by Gasteiger charge is 2.30. The lowest BCUT2D eigenvalue weighted by molar-refractivity contribution is -0.130. The standard InChI is InChI=1S/C14H16ClN3O3/c1-9-12(13(19)18(2)17-9)6-7-21-14(20)16-11-5-3-4-10(15)8-11/h3-5,8,12H,6-7H2,1-2H3,(H,16,20)/t12-/m1/s1. The monoisotopic (exact) mass is 309 g/mol. The van der Waals surface area contributed by atoms with Gasteiger partial charge >= 0.3 is 6.09 Å². The van der Waals surface area contributed by atoms with Crippen LogP contribution in [-0.2, 0) is 9.53 Å². The number of halogens is 1. The molecule has 0 fully saturated rings. The first-order chi connectivity index (χ1) is 9.97. The Kier molecular flexibility index (Phi) is 4.80. The molecule has 2 rings (SSSR count). The number of nitrogens with one attached hydrogen (secondary N) is 1. The first-order valence-electron chi connectivity index (χ1n) is 6.49. The van der Waals surface area contributed by atoms with Crippen molar-refractivity contribution >= 4 is 35.0 Å². The Labute approximate surface area is 127 Å². The molecule has 0 spiro atoms. The highest BCUT2D eigenvalue weighted by Crippen LogP contribution is 2.18. The maximum absolute atomic E-state index is 11.8. The van der Waals surface area contributed by atoms with Crippen molar-refractivity contribution in [3.63, 3.8) is 0 Å². The number of rotatable bonds is 4. The van der Waals surface area contributed by atoms with Crippen molar-refractivity contribution in [2.45, 2.75) is 13.3 Å². The molecule has 7 heteroatoms. The highest BCUT2D eigenvalue weighted by atomic mass is 35.5. The van der Waals surface area contributed by atoms with Gasteiger partial charge in [0, 0.05) is 23.5 Å². The summed E-state index contributed by atoms with van der Waals surface area (Å²) in [7, 11) is 1.61. The Morgan fingerprint density at radius 3 is 2.90 bits per heavy atom. The SMILES string of the molecule is CC1=NN(C)C(=O)[C@@H]1CCOC(=O)Nc1cccc(Cl)c1. The Hall–Kier alpha value is -2.08. The molecule has 0 unspecified atom stereocenters. The van der Waals surface area contributed by atoms with E-state index in [1.165, 1.54) is 5.01 Å². The summed E-state index contributed by atoms with van der Waals surface area (Å²) in [5, 5.41) is 8.46. The summed E-state index contributed by atoms with van der Waals surface area (Å²) in [5.74, 6) is -0.389. The van der Waals surface area contributed by atoms with E-state index < -0.39 is 6.09 Å². The van der Waals surface area contributed by atoms with Crippen LogP contribution < -0.4 is 5.32 Å². The molecule has 112 valence electrons. The summed E-state index contributed by atoms with van der Waals surface area (Å²) in [6, 6.07) is 6.77. The van der Waals surface area contributed by atoms with E-state index in [4.69, 9.17) is 16.3 Å². The fourth-order valence-electron chi connectivity index (χ4n) is 2.08. The average Bonchev–Trinajstić information content (AvgIpc) is 2.65. The van der Waals surface area contributed by atoms with Crippen molar-refractivity contribution in [1.82, 2.24) is 5.01 Å². The lowest BCUT2D eigenvalue weighted by Crippen LogP contribution is -2.26. The minimum absolute atomic E-state index is 0.0775. The molecule has 1 aliphatic heterocycles. The van der Waals surface area contributed by atoms with Gasteiger partial charge in [0.05, 0.1) is 12.5 Å². The summed E-state index contributed by atoms with van der Waals surface area (Å²) in [6.07, 6.45) is -0.160. The minimum atomic E-state index is -0.578. The van der Waals surface area contributed by atoms with Crippen LogP contribution in [-0.4, -0.2) is 36.4 Å². The molecule has 0 aliphatic carbocycles. The van der Waals surface area contributed by atoms with Crippen LogP contribution in [0.3, 0.4) is 0 Å². The van der Waals surface area contributed by atoms with E-state index in [1.807, 2.05) is 0 Å². The fraction of sp³-hybridized carbons (Fsp3) is 0.357. The number of nitrogens with zero attached hydrogens (tertiary/aromatic N) is 2. The van der Waals surface area contributed by atoms with Gasteiger partial charge in [-0.2, -0.15) is 5.10 Å². The molecule has 1 N–H and O–H groups in total. The molecule has 1 aromatic carbocycles. The second-order valence-corrected chi connectivity index (χ2v) is 5.15. The predicted octanol–water partition coefficient (Wildman–Crippen LogP) is 2.74. The Morgan fingerprint density at radius 1 is 1.52 bits per heavy atom. The molecule has 0 bridgehead atoms. The van der Waals surface area contributed by atoms with Gasteiger partial charge in [-0.15, -0.1) is 0 Å². The maximum atomic E-state index is 11.8. The van der Waals surface area contributed by atoms with Crippen LogP contribution in [0, 0.1) is 5.92 Å². The van der Waals surface area contributed by atoms with E-state index in [1.54, 1.807) is 38.2 Å². The number of anilines is 1. The maximum Gasteiger partial charge on any atom is 0.411 e. The smallest absolute Gasteiger partial charge is 0.411 e. The zero-order chi connectivity index (χ0) is 15.4. The van der Waals surface area contributed by atoms with Gasteiger partial charge < -0.3 is 4.74 Å². The van der Waals surface area contributed by atoms with E-state index in [0.717, 1.165) is 5.71 Å². The second-order valence-electron chi connectivity index (χ2n) is 4.72. The first kappa shape index (κ1) is 15.3. The molecule has 0 aromatic heterocycles. The molecule has 0 radical (unpaired) electrons. The first-order valence-corrected chi connectivity index (χ1v) is 6.87. The van der Waals surface area contributed by atoms with Crippen molar-refractivity contribution in [3.05, 3.63) is 29.3 Å². The van der Waals surface area contributed by atoms with Gasteiger partial charge in [-0.1, -0.05) is 17.7 Å². The van der Waals surface area contributed by atoms with Gasteiger partial charge in [0.1, 0.15) is 0 Å². The van der Waals surface area contributed by atoms with Crippen LogP contribution in [0.25, 0.3) is 0 Å². The van der Waals surface area contributed by atoms with Gasteiger partial charge in [-0.3, -0.25) is 10.1 Å². The summed E-state index contributed by atoms with van der Waals surface area (Å²) >= 11 is 5.82. The number of ether oxygens (including phenoxy) is 1. The van der Waals surface area contributed by atoms with E-state index in [0.29, 0.717) is 17.1 Å². The topological polar surface area (TPSA) is 71.0 Å². The zero-order valence-corrected chi connectivity index (χ0v) is 12.6. The number of hydrogen-bond acceptors (Lipinski definition) is 4. The minimum Gasteiger partial charge on any atom is -0.449 e. The van der Waals surface area contributed by atoms with E-state index in [9.17, 15) is 9.59 Å². The van der Waals surface area contributed by atoms with Crippen molar-refractivity contribution < 1.29 is 14.3 Å². The Morgan fingerprint density at radius 2 is 2.29 bits per heavy atom. The lowest BCUT2D eigenvalue weighted by atomic mass is 10.0. The van der Waals surface area contributed by atoms with E-state index in [2.05, 4.69) is 10.4 Å². The van der Waals surface area contributed by atoms with Crippen molar-refractivity contribution in [2.24, 2.45) is 11.0 Å². The van der Waals surface area contributed by atoms with Gasteiger partial charge in [0.2, 0.25) is 0 Å². The quantitative estimate of drug-likeness (QED) is 0.929. The number of amides is 2. The number of hydrogen-bond donors (Lipinski definition) is 1. The van der Waals surface area contributed by atoms with Crippen LogP contribution >= 0.6 is 11.6 Å². The van der Waals surface area contributed by atoms with Crippen molar-refractivity contribution in [1.29, 1.82) is 0 Å². The van der Waals surface area contributed by atoms with Crippen LogP contribution in [0.4, 0.5) is 10.5 Å². The normalized spacial score (nSPS) is 17.7. The number of benzene rings is 1. The molecule has 0 saturated carbocycles. The van der Waals surface area contributed by atoms with Gasteiger partial charge in [0.15, 0.2) is 0 Å². The van der Waals surface area contributed by atoms with E-state index >= 15 is 0 Å². The summed E-state index contributed by atoms with van der Waals surface area (Å²) in [5.41, 5.74) is 1.29. The molecule has 1 aliphatic rings. The number of carbonyl (C=O) groups is 2. The molecule has 1 aromatic rings. The van der Waals surface area contributed by atoms with Gasteiger partial charge in [-0.05, 0) is 31.5 Å². The molecule has 2 amide bonds. The van der Waals surface area contributed by atoms with E-state index in [-0.39, 0.29) is 18.4 Å². The van der Waals surface area contributed by atoms with Gasteiger partial charge in [0.25, 0.3) is 5.91 Å². The van der Waals surface area contributed by atoms with Crippen LogP contribution in [0.1, 0.15) is 13.3 Å². The predicted molar refractivity (Wildman–Crippen MR) is 80.4 cm³/mol. The molecular formula is C14H16ClN3O3. The summed E-state index contributed by atoms with van der Waals surface area (Å²) in [4.78, 5) is 23.4. The molecular weight excluding hydrogens is 294 g/mol. The van der Waals surface area contributed by atoms with Crippen molar-refractivity contribution in [2.75, 3.05) is 19.0 Å². The second kappa shape index (κ2) is 6.58. The van der Waals surface area contributed by atoms with Gasteiger partial charge in [-0.25, -0.2) is 9.80 Å². The third-order valence-electron chi connectivity index (χ3n) is 3.14. The lowest BCUT2D eigenvalue weighted by Gasteiger charge is -2.11. The molecule has 1 atom stereocenters. The molecule has 1 heterocycles.